The number of benzene rings is 2. The monoisotopic (exact) mass is 397 g/mol. The molecule has 3 rings (SSSR count). The van der Waals surface area contributed by atoms with E-state index >= 15 is 0 Å². The third-order valence-corrected chi connectivity index (χ3v) is 5.33. The first-order chi connectivity index (χ1) is 12.9. The van der Waals surface area contributed by atoms with Gasteiger partial charge in [-0.1, -0.05) is 47.5 Å². The maximum atomic E-state index is 12.3. The standard InChI is InChI=1S/C20H19N3O2S2/c1-13-3-7-15(8-4-13)17-12-27-20(26)23(17)11-18(24)21-22-19(25)16-9-5-14(2)6-10-16/h3-10,12H,11H2,1-2H3,(H,21,24)(H,22,25). The molecular weight excluding hydrogens is 378 g/mol. The Hall–Kier alpha value is -2.77. The number of nitrogens with zero attached hydrogens (tertiary/aromatic N) is 1. The van der Waals surface area contributed by atoms with E-state index in [4.69, 9.17) is 12.2 Å². The lowest BCUT2D eigenvalue weighted by Gasteiger charge is -2.11. The molecule has 0 radical (unpaired) electrons. The molecule has 1 heterocycles. The molecule has 3 aromatic rings. The van der Waals surface area contributed by atoms with E-state index in [1.807, 2.05) is 55.6 Å². The number of amides is 2. The van der Waals surface area contributed by atoms with Gasteiger partial charge in [0.05, 0.1) is 5.69 Å². The van der Waals surface area contributed by atoms with E-state index in [-0.39, 0.29) is 18.4 Å². The first-order valence-electron chi connectivity index (χ1n) is 8.35. The van der Waals surface area contributed by atoms with Crippen LogP contribution in [0.5, 0.6) is 0 Å². The lowest BCUT2D eigenvalue weighted by molar-refractivity contribution is -0.122. The first-order valence-corrected chi connectivity index (χ1v) is 9.64. The molecule has 0 fully saturated rings. The van der Waals surface area contributed by atoms with Crippen molar-refractivity contribution in [2.24, 2.45) is 0 Å². The average molecular weight is 398 g/mol. The summed E-state index contributed by atoms with van der Waals surface area (Å²) < 4.78 is 2.36. The number of carbonyl (C=O) groups is 2. The zero-order valence-corrected chi connectivity index (χ0v) is 16.6. The smallest absolute Gasteiger partial charge is 0.269 e. The van der Waals surface area contributed by atoms with Crippen LogP contribution in [-0.2, 0) is 11.3 Å². The minimum atomic E-state index is -0.365. The van der Waals surface area contributed by atoms with Gasteiger partial charge in [-0.3, -0.25) is 20.4 Å². The minimum absolute atomic E-state index is 0.0275. The predicted octanol–water partition coefficient (Wildman–Crippen LogP) is 4.02. The van der Waals surface area contributed by atoms with Crippen molar-refractivity contribution in [1.82, 2.24) is 15.4 Å². The summed E-state index contributed by atoms with van der Waals surface area (Å²) in [5, 5.41) is 1.94. The fraction of sp³-hybridized carbons (Fsp3) is 0.150. The van der Waals surface area contributed by atoms with Crippen molar-refractivity contribution in [2.45, 2.75) is 20.4 Å². The van der Waals surface area contributed by atoms with Gasteiger partial charge in [0.2, 0.25) is 0 Å². The number of thiazole rings is 1. The van der Waals surface area contributed by atoms with Crippen LogP contribution in [-0.4, -0.2) is 16.4 Å². The molecule has 1 aromatic heterocycles. The minimum Gasteiger partial charge on any atom is -0.313 e. The van der Waals surface area contributed by atoms with Crippen LogP contribution < -0.4 is 10.9 Å². The quantitative estimate of drug-likeness (QED) is 0.516. The maximum Gasteiger partial charge on any atom is 0.269 e. The summed E-state index contributed by atoms with van der Waals surface area (Å²) in [6, 6.07) is 15.1. The fourth-order valence-electron chi connectivity index (χ4n) is 2.52. The van der Waals surface area contributed by atoms with Gasteiger partial charge in [-0.05, 0) is 43.8 Å². The van der Waals surface area contributed by atoms with E-state index < -0.39 is 0 Å². The van der Waals surface area contributed by atoms with Crippen molar-refractivity contribution in [3.63, 3.8) is 0 Å². The predicted molar refractivity (Wildman–Crippen MR) is 110 cm³/mol. The lowest BCUT2D eigenvalue weighted by atomic mass is 10.1. The van der Waals surface area contributed by atoms with Gasteiger partial charge in [0.25, 0.3) is 11.8 Å². The Balaban J connectivity index is 1.67. The third kappa shape index (κ3) is 4.69. The number of aromatic nitrogens is 1. The second-order valence-corrected chi connectivity index (χ2v) is 7.71. The van der Waals surface area contributed by atoms with Crippen molar-refractivity contribution in [2.75, 3.05) is 0 Å². The van der Waals surface area contributed by atoms with E-state index in [9.17, 15) is 9.59 Å². The van der Waals surface area contributed by atoms with Gasteiger partial charge in [-0.25, -0.2) is 0 Å². The Labute approximate surface area is 166 Å². The maximum absolute atomic E-state index is 12.3. The summed E-state index contributed by atoms with van der Waals surface area (Å²) in [4.78, 5) is 24.4. The van der Waals surface area contributed by atoms with Gasteiger partial charge in [0, 0.05) is 10.9 Å². The summed E-state index contributed by atoms with van der Waals surface area (Å²) in [5.41, 5.74) is 9.46. The van der Waals surface area contributed by atoms with Gasteiger partial charge in [0.1, 0.15) is 6.54 Å². The molecule has 0 aliphatic heterocycles. The van der Waals surface area contributed by atoms with Crippen molar-refractivity contribution < 1.29 is 9.59 Å². The van der Waals surface area contributed by atoms with E-state index in [0.717, 1.165) is 22.4 Å². The average Bonchev–Trinajstić information content (AvgIpc) is 3.01. The third-order valence-electron chi connectivity index (χ3n) is 4.06. The van der Waals surface area contributed by atoms with Crippen LogP contribution in [0.1, 0.15) is 21.5 Å². The number of rotatable bonds is 4. The molecule has 7 heteroatoms. The van der Waals surface area contributed by atoms with Gasteiger partial charge >= 0.3 is 0 Å². The van der Waals surface area contributed by atoms with E-state index in [2.05, 4.69) is 10.9 Å². The molecule has 27 heavy (non-hydrogen) atoms. The van der Waals surface area contributed by atoms with Crippen LogP contribution in [0, 0.1) is 17.8 Å². The molecule has 0 spiro atoms. The normalized spacial score (nSPS) is 10.4. The highest BCUT2D eigenvalue weighted by molar-refractivity contribution is 7.73. The summed E-state index contributed by atoms with van der Waals surface area (Å²) in [7, 11) is 0. The Bertz CT molecular complexity index is 1020. The van der Waals surface area contributed by atoms with Crippen LogP contribution in [0.3, 0.4) is 0 Å². The van der Waals surface area contributed by atoms with E-state index in [1.54, 1.807) is 16.7 Å². The van der Waals surface area contributed by atoms with Crippen LogP contribution in [0.25, 0.3) is 11.3 Å². The number of nitrogens with one attached hydrogen (secondary N) is 2. The first kappa shape index (κ1) is 19.0. The highest BCUT2D eigenvalue weighted by atomic mass is 32.1. The number of hydrogen-bond acceptors (Lipinski definition) is 4. The van der Waals surface area contributed by atoms with Crippen molar-refractivity contribution in [1.29, 1.82) is 0 Å². The van der Waals surface area contributed by atoms with E-state index in [0.29, 0.717) is 9.52 Å². The zero-order valence-electron chi connectivity index (χ0n) is 15.0. The van der Waals surface area contributed by atoms with Crippen LogP contribution in [0.15, 0.2) is 53.9 Å². The summed E-state index contributed by atoms with van der Waals surface area (Å²) in [5.74, 6) is -0.714. The van der Waals surface area contributed by atoms with Crippen molar-refractivity contribution >= 4 is 35.4 Å². The largest absolute Gasteiger partial charge is 0.313 e. The Morgan fingerprint density at radius 3 is 2.19 bits per heavy atom. The molecule has 0 atom stereocenters. The molecule has 0 aliphatic carbocycles. The highest BCUT2D eigenvalue weighted by Crippen LogP contribution is 2.24. The molecule has 2 N–H and O–H groups in total. The number of aryl methyl sites for hydroxylation is 2. The summed E-state index contributed by atoms with van der Waals surface area (Å²) in [6.07, 6.45) is 0. The highest BCUT2D eigenvalue weighted by Gasteiger charge is 2.12. The van der Waals surface area contributed by atoms with E-state index in [1.165, 1.54) is 11.3 Å². The van der Waals surface area contributed by atoms with Crippen molar-refractivity contribution in [3.05, 3.63) is 74.6 Å². The molecular formula is C20H19N3O2S2. The Morgan fingerprint density at radius 2 is 1.56 bits per heavy atom. The van der Waals surface area contributed by atoms with Gasteiger partial charge in [0.15, 0.2) is 3.95 Å². The summed E-state index contributed by atoms with van der Waals surface area (Å²) >= 11 is 6.76. The number of hydrogen-bond donors (Lipinski definition) is 2. The lowest BCUT2D eigenvalue weighted by Crippen LogP contribution is -2.43. The molecule has 0 bridgehead atoms. The SMILES string of the molecule is Cc1ccc(C(=O)NNC(=O)Cn2c(-c3ccc(C)cc3)csc2=S)cc1. The topological polar surface area (TPSA) is 63.1 Å². The molecule has 2 amide bonds. The van der Waals surface area contributed by atoms with Gasteiger partial charge in [-0.2, -0.15) is 0 Å². The van der Waals surface area contributed by atoms with Crippen molar-refractivity contribution in [3.8, 4) is 11.3 Å². The van der Waals surface area contributed by atoms with Gasteiger partial charge in [-0.15, -0.1) is 11.3 Å². The second kappa shape index (κ2) is 8.28. The van der Waals surface area contributed by atoms with Crippen LogP contribution >= 0.6 is 23.6 Å². The molecule has 0 saturated carbocycles. The molecule has 5 nitrogen and oxygen atoms in total. The Kier molecular flexibility index (Phi) is 5.83. The molecule has 138 valence electrons. The molecule has 0 unspecified atom stereocenters. The second-order valence-electron chi connectivity index (χ2n) is 6.21. The molecule has 0 aliphatic rings. The van der Waals surface area contributed by atoms with Gasteiger partial charge < -0.3 is 4.57 Å². The molecule has 2 aromatic carbocycles. The Morgan fingerprint density at radius 1 is 0.963 bits per heavy atom. The number of hydrazine groups is 1. The molecule has 0 saturated heterocycles. The fourth-order valence-corrected chi connectivity index (χ4v) is 3.59. The summed E-state index contributed by atoms with van der Waals surface area (Å²) in [6.45, 7) is 3.99. The number of carbonyl (C=O) groups excluding carboxylic acids is 2. The van der Waals surface area contributed by atoms with Crippen LogP contribution in [0.2, 0.25) is 0 Å². The van der Waals surface area contributed by atoms with Crippen LogP contribution in [0.4, 0.5) is 0 Å². The zero-order chi connectivity index (χ0) is 19.4.